The lowest BCUT2D eigenvalue weighted by molar-refractivity contribution is -0.115. The van der Waals surface area contributed by atoms with E-state index in [2.05, 4.69) is 21.2 Å². The smallest absolute Gasteiger partial charge is 0.242 e. The van der Waals surface area contributed by atoms with E-state index in [-0.39, 0.29) is 0 Å². The number of halogens is 2. The second-order valence-corrected chi connectivity index (χ2v) is 7.24. The molecule has 0 saturated carbocycles. The molecule has 1 rings (SSSR count). The Bertz CT molecular complexity index is 544. The Hall–Kier alpha value is -0.590. The van der Waals surface area contributed by atoms with Crippen molar-refractivity contribution >= 4 is 49.0 Å². The zero-order valence-corrected chi connectivity index (χ0v) is 12.4. The number of hydrogen-bond donors (Lipinski definition) is 1. The molecular formula is C10H11BrClNO3S. The zero-order chi connectivity index (χ0) is 13.2. The number of anilines is 1. The van der Waals surface area contributed by atoms with Gasteiger partial charge in [0.05, 0.1) is 5.69 Å². The molecule has 0 aliphatic heterocycles. The molecule has 0 radical (unpaired) electrons. The molecule has 0 aromatic heterocycles. The first-order valence-electron chi connectivity index (χ1n) is 4.66. The summed E-state index contributed by atoms with van der Waals surface area (Å²) in [4.78, 5) is 11.7. The summed E-state index contributed by atoms with van der Waals surface area (Å²) in [7, 11) is -3.41. The molecule has 7 heteroatoms. The minimum absolute atomic E-state index is 0.443. The highest BCUT2D eigenvalue weighted by atomic mass is 79.9. The third-order valence-electron chi connectivity index (χ3n) is 2.20. The molecular weight excluding hydrogens is 330 g/mol. The van der Waals surface area contributed by atoms with Gasteiger partial charge in [0, 0.05) is 15.8 Å². The number of hydrogen-bond acceptors (Lipinski definition) is 3. The summed E-state index contributed by atoms with van der Waals surface area (Å²) >= 11 is 9.02. The highest BCUT2D eigenvalue weighted by molar-refractivity contribution is 9.10. The van der Waals surface area contributed by atoms with E-state index in [1.165, 1.54) is 6.92 Å². The van der Waals surface area contributed by atoms with Gasteiger partial charge in [-0.25, -0.2) is 8.42 Å². The van der Waals surface area contributed by atoms with E-state index in [0.717, 1.165) is 6.26 Å². The lowest BCUT2D eigenvalue weighted by Gasteiger charge is -2.11. The SMILES string of the molecule is CC(C(=O)Nc1cc(Cl)ccc1Br)S(C)(=O)=O. The van der Waals surface area contributed by atoms with Crippen LogP contribution in [0, 0.1) is 0 Å². The summed E-state index contributed by atoms with van der Waals surface area (Å²) in [5.41, 5.74) is 0.443. The first kappa shape index (κ1) is 14.5. The van der Waals surface area contributed by atoms with Gasteiger partial charge in [0.15, 0.2) is 9.84 Å². The Morgan fingerprint density at radius 1 is 1.47 bits per heavy atom. The number of rotatable bonds is 3. The molecule has 0 saturated heterocycles. The predicted octanol–water partition coefficient (Wildman–Crippen LogP) is 2.47. The summed E-state index contributed by atoms with van der Waals surface area (Å²) < 4.78 is 23.1. The zero-order valence-electron chi connectivity index (χ0n) is 9.20. The fourth-order valence-electron chi connectivity index (χ4n) is 1.02. The average Bonchev–Trinajstić information content (AvgIpc) is 2.21. The fraction of sp³-hybridized carbons (Fsp3) is 0.300. The normalized spacial score (nSPS) is 13.2. The minimum Gasteiger partial charge on any atom is -0.324 e. The highest BCUT2D eigenvalue weighted by Gasteiger charge is 2.23. The third-order valence-corrected chi connectivity index (χ3v) is 4.62. The summed E-state index contributed by atoms with van der Waals surface area (Å²) in [6, 6.07) is 4.86. The van der Waals surface area contributed by atoms with Crippen LogP contribution in [0.4, 0.5) is 5.69 Å². The minimum atomic E-state index is -3.41. The van der Waals surface area contributed by atoms with E-state index < -0.39 is 21.0 Å². The Morgan fingerprint density at radius 2 is 2.06 bits per heavy atom. The molecule has 1 amide bonds. The number of benzene rings is 1. The van der Waals surface area contributed by atoms with Gasteiger partial charge in [-0.2, -0.15) is 0 Å². The van der Waals surface area contributed by atoms with Crippen LogP contribution in [0.2, 0.25) is 5.02 Å². The van der Waals surface area contributed by atoms with E-state index >= 15 is 0 Å². The monoisotopic (exact) mass is 339 g/mol. The second kappa shape index (κ2) is 5.37. The molecule has 0 spiro atoms. The molecule has 0 aliphatic rings. The predicted molar refractivity (Wildman–Crippen MR) is 72.1 cm³/mol. The lowest BCUT2D eigenvalue weighted by atomic mass is 10.3. The number of carbonyl (C=O) groups is 1. The van der Waals surface area contributed by atoms with Gasteiger partial charge in [-0.05, 0) is 41.1 Å². The maximum atomic E-state index is 11.7. The topological polar surface area (TPSA) is 63.2 Å². The first-order chi connectivity index (χ1) is 7.71. The molecule has 94 valence electrons. The van der Waals surface area contributed by atoms with Crippen LogP contribution in [-0.4, -0.2) is 25.8 Å². The van der Waals surface area contributed by atoms with E-state index in [1.807, 2.05) is 0 Å². The van der Waals surface area contributed by atoms with Gasteiger partial charge in [-0.15, -0.1) is 0 Å². The van der Waals surface area contributed by atoms with Crippen LogP contribution in [0.1, 0.15) is 6.92 Å². The summed E-state index contributed by atoms with van der Waals surface area (Å²) in [5, 5.41) is 1.86. The van der Waals surface area contributed by atoms with Gasteiger partial charge in [-0.3, -0.25) is 4.79 Å². The van der Waals surface area contributed by atoms with Gasteiger partial charge in [0.1, 0.15) is 5.25 Å². The fourth-order valence-corrected chi connectivity index (χ4v) is 1.99. The van der Waals surface area contributed by atoms with Gasteiger partial charge in [-0.1, -0.05) is 11.6 Å². The van der Waals surface area contributed by atoms with Crippen molar-refractivity contribution in [2.24, 2.45) is 0 Å². The number of nitrogens with one attached hydrogen (secondary N) is 1. The van der Waals surface area contributed by atoms with Crippen molar-refractivity contribution in [3.05, 3.63) is 27.7 Å². The van der Waals surface area contributed by atoms with E-state index in [0.29, 0.717) is 15.2 Å². The molecule has 0 heterocycles. The molecule has 0 bridgehead atoms. The number of amides is 1. The van der Waals surface area contributed by atoms with Crippen LogP contribution in [0.3, 0.4) is 0 Å². The molecule has 1 aromatic rings. The van der Waals surface area contributed by atoms with Crippen molar-refractivity contribution in [1.82, 2.24) is 0 Å². The first-order valence-corrected chi connectivity index (χ1v) is 7.79. The van der Waals surface area contributed by atoms with Gasteiger partial charge >= 0.3 is 0 Å². The van der Waals surface area contributed by atoms with Crippen LogP contribution >= 0.6 is 27.5 Å². The molecule has 1 N–H and O–H groups in total. The summed E-state index contributed by atoms with van der Waals surface area (Å²) in [6.45, 7) is 1.34. The van der Waals surface area contributed by atoms with Crippen molar-refractivity contribution in [2.45, 2.75) is 12.2 Å². The Balaban J connectivity index is 2.92. The molecule has 1 atom stereocenters. The van der Waals surface area contributed by atoms with Crippen LogP contribution in [-0.2, 0) is 14.6 Å². The maximum Gasteiger partial charge on any atom is 0.242 e. The van der Waals surface area contributed by atoms with E-state index in [4.69, 9.17) is 11.6 Å². The van der Waals surface area contributed by atoms with Crippen molar-refractivity contribution in [3.8, 4) is 0 Å². The standard InChI is InChI=1S/C10H11BrClNO3S/c1-6(17(2,15)16)10(14)13-9-5-7(12)3-4-8(9)11/h3-6H,1-2H3,(H,13,14). The van der Waals surface area contributed by atoms with Crippen LogP contribution in [0.25, 0.3) is 0 Å². The van der Waals surface area contributed by atoms with Crippen molar-refractivity contribution in [1.29, 1.82) is 0 Å². The molecule has 0 aliphatic carbocycles. The van der Waals surface area contributed by atoms with Crippen molar-refractivity contribution in [3.63, 3.8) is 0 Å². The lowest BCUT2D eigenvalue weighted by Crippen LogP contribution is -2.31. The highest BCUT2D eigenvalue weighted by Crippen LogP contribution is 2.26. The summed E-state index contributed by atoms with van der Waals surface area (Å²) in [6.07, 6.45) is 1.02. The van der Waals surface area contributed by atoms with Gasteiger partial charge in [0.25, 0.3) is 0 Å². The molecule has 1 unspecified atom stereocenters. The van der Waals surface area contributed by atoms with Crippen LogP contribution in [0.5, 0.6) is 0 Å². The van der Waals surface area contributed by atoms with Crippen LogP contribution in [0.15, 0.2) is 22.7 Å². The summed E-state index contributed by atoms with van der Waals surface area (Å²) in [5.74, 6) is -0.588. The Labute approximate surface area is 113 Å². The molecule has 4 nitrogen and oxygen atoms in total. The molecule has 0 fully saturated rings. The average molecular weight is 341 g/mol. The van der Waals surface area contributed by atoms with E-state index in [1.54, 1.807) is 18.2 Å². The second-order valence-electron chi connectivity index (χ2n) is 3.59. The largest absolute Gasteiger partial charge is 0.324 e. The van der Waals surface area contributed by atoms with Crippen molar-refractivity contribution < 1.29 is 13.2 Å². The quantitative estimate of drug-likeness (QED) is 0.919. The molecule has 1 aromatic carbocycles. The maximum absolute atomic E-state index is 11.7. The molecule has 17 heavy (non-hydrogen) atoms. The van der Waals surface area contributed by atoms with Gasteiger partial charge in [0.2, 0.25) is 5.91 Å². The number of sulfone groups is 1. The van der Waals surface area contributed by atoms with Crippen LogP contribution < -0.4 is 5.32 Å². The van der Waals surface area contributed by atoms with Gasteiger partial charge < -0.3 is 5.32 Å². The third kappa shape index (κ3) is 3.97. The van der Waals surface area contributed by atoms with Crippen molar-refractivity contribution in [2.75, 3.05) is 11.6 Å². The Morgan fingerprint density at radius 3 is 2.59 bits per heavy atom. The Kier molecular flexibility index (Phi) is 4.57. The number of carbonyl (C=O) groups excluding carboxylic acids is 1. The van der Waals surface area contributed by atoms with E-state index in [9.17, 15) is 13.2 Å².